The summed E-state index contributed by atoms with van der Waals surface area (Å²) in [7, 11) is 0. The summed E-state index contributed by atoms with van der Waals surface area (Å²) in [5.41, 5.74) is 3.15. The Balaban J connectivity index is 1.70. The van der Waals surface area contributed by atoms with Crippen molar-refractivity contribution in [3.05, 3.63) is 78.0 Å². The largest absolute Gasteiger partial charge is 0.493 e. The first-order chi connectivity index (χ1) is 12.7. The number of allylic oxidation sites excluding steroid dienone is 1. The molecule has 0 bridgehead atoms. The number of aromatic nitrogens is 1. The number of amides is 1. The fraction of sp³-hybridized carbons (Fsp3) is 0.182. The van der Waals surface area contributed by atoms with Crippen molar-refractivity contribution in [3.8, 4) is 5.75 Å². The number of carbonyl (C=O) groups excluding carboxylic acids is 1. The van der Waals surface area contributed by atoms with E-state index in [9.17, 15) is 4.79 Å². The van der Waals surface area contributed by atoms with Crippen molar-refractivity contribution in [2.24, 2.45) is 0 Å². The minimum atomic E-state index is -0.154. The number of hydrogen-bond acceptors (Lipinski definition) is 3. The molecule has 2 aromatic carbocycles. The Morgan fingerprint density at radius 3 is 2.88 bits per heavy atom. The van der Waals surface area contributed by atoms with Gasteiger partial charge in [0.2, 0.25) is 0 Å². The summed E-state index contributed by atoms with van der Waals surface area (Å²) in [6.07, 6.45) is 4.92. The highest BCUT2D eigenvalue weighted by Gasteiger charge is 2.08. The van der Waals surface area contributed by atoms with Crippen molar-refractivity contribution < 1.29 is 9.53 Å². The van der Waals surface area contributed by atoms with E-state index >= 15 is 0 Å². The number of hydrogen-bond donors (Lipinski definition) is 1. The molecular formula is C22H22N2O2. The van der Waals surface area contributed by atoms with Crippen molar-refractivity contribution in [2.75, 3.05) is 11.9 Å². The third kappa shape index (κ3) is 4.48. The van der Waals surface area contributed by atoms with Gasteiger partial charge in [0.05, 0.1) is 12.1 Å². The quantitative estimate of drug-likeness (QED) is 0.496. The van der Waals surface area contributed by atoms with Gasteiger partial charge in [-0.25, -0.2) is 0 Å². The molecule has 26 heavy (non-hydrogen) atoms. The summed E-state index contributed by atoms with van der Waals surface area (Å²) in [4.78, 5) is 17.0. The van der Waals surface area contributed by atoms with Gasteiger partial charge >= 0.3 is 0 Å². The Kier molecular flexibility index (Phi) is 5.64. The van der Waals surface area contributed by atoms with Crippen LogP contribution in [0.15, 0.2) is 66.7 Å². The number of aryl methyl sites for hydroxylation is 1. The zero-order valence-electron chi connectivity index (χ0n) is 15.0. The molecule has 1 N–H and O–H groups in total. The van der Waals surface area contributed by atoms with Crippen LogP contribution in [0.3, 0.4) is 0 Å². The average molecular weight is 346 g/mol. The lowest BCUT2D eigenvalue weighted by Crippen LogP contribution is -2.12. The van der Waals surface area contributed by atoms with Gasteiger partial charge in [-0.1, -0.05) is 24.3 Å². The maximum absolute atomic E-state index is 12.6. The fourth-order valence-electron chi connectivity index (χ4n) is 2.65. The van der Waals surface area contributed by atoms with Gasteiger partial charge in [-0.05, 0) is 56.7 Å². The molecule has 1 aromatic heterocycles. The lowest BCUT2D eigenvalue weighted by Gasteiger charge is -2.09. The molecule has 0 fully saturated rings. The van der Waals surface area contributed by atoms with Crippen LogP contribution in [0.4, 0.5) is 5.69 Å². The van der Waals surface area contributed by atoms with Gasteiger partial charge in [0.1, 0.15) is 5.75 Å². The van der Waals surface area contributed by atoms with E-state index in [4.69, 9.17) is 4.74 Å². The zero-order chi connectivity index (χ0) is 18.4. The van der Waals surface area contributed by atoms with Gasteiger partial charge in [0, 0.05) is 28.4 Å². The predicted octanol–water partition coefficient (Wildman–Crippen LogP) is 5.14. The number of carbonyl (C=O) groups is 1. The van der Waals surface area contributed by atoms with E-state index in [0.29, 0.717) is 17.9 Å². The van der Waals surface area contributed by atoms with Crippen LogP contribution in [0.1, 0.15) is 29.4 Å². The highest BCUT2D eigenvalue weighted by Crippen LogP contribution is 2.20. The van der Waals surface area contributed by atoms with Gasteiger partial charge < -0.3 is 10.1 Å². The van der Waals surface area contributed by atoms with Crippen molar-refractivity contribution in [1.29, 1.82) is 0 Å². The number of benzene rings is 2. The summed E-state index contributed by atoms with van der Waals surface area (Å²) >= 11 is 0. The van der Waals surface area contributed by atoms with E-state index in [1.165, 1.54) is 0 Å². The van der Waals surface area contributed by atoms with Gasteiger partial charge in [-0.2, -0.15) is 0 Å². The molecule has 1 amide bonds. The Hall–Kier alpha value is -3.14. The van der Waals surface area contributed by atoms with Crippen LogP contribution in [0, 0.1) is 6.92 Å². The van der Waals surface area contributed by atoms with Crippen LogP contribution in [0.2, 0.25) is 0 Å². The fourth-order valence-corrected chi connectivity index (χ4v) is 2.65. The summed E-state index contributed by atoms with van der Waals surface area (Å²) in [6, 6.07) is 16.9. The van der Waals surface area contributed by atoms with Gasteiger partial charge in [0.15, 0.2) is 0 Å². The molecule has 3 rings (SSSR count). The summed E-state index contributed by atoms with van der Waals surface area (Å²) in [5, 5.41) is 3.87. The van der Waals surface area contributed by atoms with Gasteiger partial charge in [-0.3, -0.25) is 9.78 Å². The standard InChI is InChI=1S/C22H22N2O2/c1-3-4-5-13-26-20-8-6-7-19(15-20)24-22(25)18-11-12-21-17(14-18)10-9-16(2)23-21/h3-4,6-12,14-15H,5,13H2,1-2H3,(H,24,25). The Morgan fingerprint density at radius 1 is 1.15 bits per heavy atom. The number of nitrogens with one attached hydrogen (secondary N) is 1. The van der Waals surface area contributed by atoms with Crippen LogP contribution in [0.5, 0.6) is 5.75 Å². The second-order valence-electron chi connectivity index (χ2n) is 6.05. The van der Waals surface area contributed by atoms with Crippen LogP contribution in [0.25, 0.3) is 10.9 Å². The monoisotopic (exact) mass is 346 g/mol. The lowest BCUT2D eigenvalue weighted by atomic mass is 10.1. The molecule has 132 valence electrons. The first-order valence-electron chi connectivity index (χ1n) is 8.68. The third-order valence-electron chi connectivity index (χ3n) is 3.97. The third-order valence-corrected chi connectivity index (χ3v) is 3.97. The number of rotatable bonds is 6. The van der Waals surface area contributed by atoms with Crippen molar-refractivity contribution in [2.45, 2.75) is 20.3 Å². The topological polar surface area (TPSA) is 51.2 Å². The maximum Gasteiger partial charge on any atom is 0.255 e. The SMILES string of the molecule is CC=CCCOc1cccc(NC(=O)c2ccc3nc(C)ccc3c2)c1. The molecule has 0 saturated heterocycles. The second-order valence-corrected chi connectivity index (χ2v) is 6.05. The maximum atomic E-state index is 12.6. The van der Waals surface area contributed by atoms with Crippen LogP contribution < -0.4 is 10.1 Å². The number of nitrogens with zero attached hydrogens (tertiary/aromatic N) is 1. The van der Waals surface area contributed by atoms with E-state index in [2.05, 4.69) is 16.4 Å². The smallest absolute Gasteiger partial charge is 0.255 e. The normalized spacial score (nSPS) is 11.0. The summed E-state index contributed by atoms with van der Waals surface area (Å²) in [5.74, 6) is 0.587. The van der Waals surface area contributed by atoms with Gasteiger partial charge in [-0.15, -0.1) is 0 Å². The highest BCUT2D eigenvalue weighted by molar-refractivity contribution is 6.06. The molecule has 0 unspecified atom stereocenters. The summed E-state index contributed by atoms with van der Waals surface area (Å²) < 4.78 is 5.69. The molecule has 0 radical (unpaired) electrons. The molecule has 3 aromatic rings. The molecular weight excluding hydrogens is 324 g/mol. The summed E-state index contributed by atoms with van der Waals surface area (Å²) in [6.45, 7) is 4.55. The molecule has 0 aliphatic heterocycles. The molecule has 0 saturated carbocycles. The molecule has 0 spiro atoms. The lowest BCUT2D eigenvalue weighted by molar-refractivity contribution is 0.102. The minimum absolute atomic E-state index is 0.154. The first kappa shape index (κ1) is 17.7. The molecule has 0 aliphatic rings. The number of pyridine rings is 1. The second kappa shape index (κ2) is 8.30. The predicted molar refractivity (Wildman–Crippen MR) is 106 cm³/mol. The van der Waals surface area contributed by atoms with E-state index in [1.807, 2.05) is 68.5 Å². The van der Waals surface area contributed by atoms with Gasteiger partial charge in [0.25, 0.3) is 5.91 Å². The molecule has 4 nitrogen and oxygen atoms in total. The van der Waals surface area contributed by atoms with E-state index < -0.39 is 0 Å². The van der Waals surface area contributed by atoms with E-state index in [0.717, 1.165) is 28.8 Å². The van der Waals surface area contributed by atoms with Crippen LogP contribution >= 0.6 is 0 Å². The molecule has 1 heterocycles. The Morgan fingerprint density at radius 2 is 2.04 bits per heavy atom. The Labute approximate surface area is 153 Å². The number of ether oxygens (including phenoxy) is 1. The van der Waals surface area contributed by atoms with Crippen LogP contribution in [-0.2, 0) is 0 Å². The van der Waals surface area contributed by atoms with Crippen LogP contribution in [-0.4, -0.2) is 17.5 Å². The molecule has 4 heteroatoms. The molecule has 0 aliphatic carbocycles. The number of fused-ring (bicyclic) bond motifs is 1. The molecule has 0 atom stereocenters. The van der Waals surface area contributed by atoms with Crippen molar-refractivity contribution >= 4 is 22.5 Å². The zero-order valence-corrected chi connectivity index (χ0v) is 15.0. The highest BCUT2D eigenvalue weighted by atomic mass is 16.5. The average Bonchev–Trinajstić information content (AvgIpc) is 2.65. The number of anilines is 1. The van der Waals surface area contributed by atoms with E-state index in [1.54, 1.807) is 6.07 Å². The van der Waals surface area contributed by atoms with Crippen molar-refractivity contribution in [3.63, 3.8) is 0 Å². The first-order valence-corrected chi connectivity index (χ1v) is 8.68. The Bertz CT molecular complexity index is 948. The van der Waals surface area contributed by atoms with E-state index in [-0.39, 0.29) is 5.91 Å². The van der Waals surface area contributed by atoms with Crippen molar-refractivity contribution in [1.82, 2.24) is 4.98 Å². The minimum Gasteiger partial charge on any atom is -0.493 e.